The SMILES string of the molecule is Cc1ccc2c(c1)c1ccccc1n2-c1c2ccccc2c(-n2c3ccccc3c3cc(C)ccc32)c2ccccc12. The van der Waals surface area contributed by atoms with E-state index in [0.29, 0.717) is 0 Å². The van der Waals surface area contributed by atoms with Crippen LogP contribution in [0.1, 0.15) is 11.1 Å². The molecular formula is C40H28N2. The molecule has 2 heterocycles. The van der Waals surface area contributed by atoms with Crippen molar-refractivity contribution in [3.05, 3.63) is 145 Å². The molecule has 0 saturated carbocycles. The van der Waals surface area contributed by atoms with E-state index in [4.69, 9.17) is 0 Å². The van der Waals surface area contributed by atoms with E-state index in [1.807, 2.05) is 0 Å². The van der Waals surface area contributed by atoms with Crippen LogP contribution < -0.4 is 0 Å². The van der Waals surface area contributed by atoms with E-state index in [2.05, 4.69) is 156 Å². The quantitative estimate of drug-likeness (QED) is 0.194. The molecule has 7 aromatic carbocycles. The fourth-order valence-corrected chi connectivity index (χ4v) is 7.22. The molecule has 0 aliphatic carbocycles. The summed E-state index contributed by atoms with van der Waals surface area (Å²) in [6, 6.07) is 49.3. The first-order chi connectivity index (χ1) is 20.7. The zero-order chi connectivity index (χ0) is 27.9. The highest BCUT2D eigenvalue weighted by Crippen LogP contribution is 2.44. The van der Waals surface area contributed by atoms with Gasteiger partial charge in [0.2, 0.25) is 0 Å². The van der Waals surface area contributed by atoms with Crippen LogP contribution in [0.2, 0.25) is 0 Å². The number of rotatable bonds is 2. The predicted octanol–water partition coefficient (Wildman–Crippen LogP) is 10.8. The molecule has 0 unspecified atom stereocenters. The Balaban J connectivity index is 1.52. The molecular weight excluding hydrogens is 508 g/mol. The van der Waals surface area contributed by atoms with Gasteiger partial charge in [-0.15, -0.1) is 0 Å². The van der Waals surface area contributed by atoms with Crippen LogP contribution in [0, 0.1) is 13.8 Å². The zero-order valence-corrected chi connectivity index (χ0v) is 23.6. The topological polar surface area (TPSA) is 9.86 Å². The summed E-state index contributed by atoms with van der Waals surface area (Å²) in [5, 5.41) is 10.1. The van der Waals surface area contributed by atoms with Crippen LogP contribution in [0.25, 0.3) is 76.5 Å². The minimum atomic E-state index is 1.23. The minimum absolute atomic E-state index is 1.23. The number of benzene rings is 7. The summed E-state index contributed by atoms with van der Waals surface area (Å²) in [6.45, 7) is 4.36. The fraction of sp³-hybridized carbons (Fsp3) is 0.0500. The Bertz CT molecular complexity index is 2310. The van der Waals surface area contributed by atoms with Crippen molar-refractivity contribution in [1.29, 1.82) is 0 Å². The lowest BCUT2D eigenvalue weighted by Crippen LogP contribution is -2.02. The zero-order valence-electron chi connectivity index (χ0n) is 23.6. The largest absolute Gasteiger partial charge is 0.308 e. The summed E-state index contributed by atoms with van der Waals surface area (Å²) in [5.41, 5.74) is 9.94. The number of fused-ring (bicyclic) bond motifs is 8. The lowest BCUT2D eigenvalue weighted by Gasteiger charge is -2.21. The average Bonchev–Trinajstić information content (AvgIpc) is 3.52. The highest BCUT2D eigenvalue weighted by molar-refractivity contribution is 6.20. The molecule has 2 nitrogen and oxygen atoms in total. The molecule has 0 radical (unpaired) electrons. The van der Waals surface area contributed by atoms with Gasteiger partial charge < -0.3 is 9.13 Å². The van der Waals surface area contributed by atoms with E-state index in [1.54, 1.807) is 0 Å². The Kier molecular flexibility index (Phi) is 4.77. The van der Waals surface area contributed by atoms with Crippen LogP contribution in [0.15, 0.2) is 133 Å². The molecule has 9 aromatic rings. The van der Waals surface area contributed by atoms with Crippen LogP contribution in [0.3, 0.4) is 0 Å². The van der Waals surface area contributed by atoms with Crippen LogP contribution in [-0.4, -0.2) is 9.13 Å². The molecule has 198 valence electrons. The molecule has 0 saturated heterocycles. The third kappa shape index (κ3) is 3.09. The molecule has 0 fully saturated rings. The second kappa shape index (κ2) is 8.58. The van der Waals surface area contributed by atoms with Crippen LogP contribution in [-0.2, 0) is 0 Å². The Morgan fingerprint density at radius 2 is 0.619 bits per heavy atom. The first-order valence-corrected chi connectivity index (χ1v) is 14.6. The Labute approximate surface area is 243 Å². The second-order valence-electron chi connectivity index (χ2n) is 11.5. The summed E-state index contributed by atoms with van der Waals surface area (Å²) < 4.78 is 4.99. The summed E-state index contributed by atoms with van der Waals surface area (Å²) in [5.74, 6) is 0. The molecule has 9 rings (SSSR count). The molecule has 0 aliphatic rings. The first-order valence-electron chi connectivity index (χ1n) is 14.6. The molecule has 0 amide bonds. The van der Waals surface area contributed by atoms with E-state index in [1.165, 1.54) is 87.7 Å². The molecule has 0 atom stereocenters. The molecule has 2 heteroatoms. The van der Waals surface area contributed by atoms with E-state index in [-0.39, 0.29) is 0 Å². The van der Waals surface area contributed by atoms with Crippen LogP contribution >= 0.6 is 0 Å². The predicted molar refractivity (Wildman–Crippen MR) is 180 cm³/mol. The maximum Gasteiger partial charge on any atom is 0.0620 e. The number of hydrogen-bond acceptors (Lipinski definition) is 0. The van der Waals surface area contributed by atoms with E-state index in [9.17, 15) is 0 Å². The van der Waals surface area contributed by atoms with Gasteiger partial charge in [0.25, 0.3) is 0 Å². The number of nitrogens with zero attached hydrogens (tertiary/aromatic N) is 2. The van der Waals surface area contributed by atoms with Crippen molar-refractivity contribution in [2.24, 2.45) is 0 Å². The van der Waals surface area contributed by atoms with Crippen LogP contribution in [0.4, 0.5) is 0 Å². The normalized spacial score (nSPS) is 12.0. The smallest absolute Gasteiger partial charge is 0.0620 e. The van der Waals surface area contributed by atoms with Gasteiger partial charge in [0.05, 0.1) is 33.4 Å². The van der Waals surface area contributed by atoms with Crippen molar-refractivity contribution in [2.45, 2.75) is 13.8 Å². The van der Waals surface area contributed by atoms with E-state index < -0.39 is 0 Å². The molecule has 0 spiro atoms. The fourth-order valence-electron chi connectivity index (χ4n) is 7.22. The van der Waals surface area contributed by atoms with Gasteiger partial charge in [-0.2, -0.15) is 0 Å². The summed E-state index contributed by atoms with van der Waals surface area (Å²) in [4.78, 5) is 0. The molecule has 0 bridgehead atoms. The maximum absolute atomic E-state index is 2.49. The van der Waals surface area contributed by atoms with Gasteiger partial charge in [-0.25, -0.2) is 0 Å². The Morgan fingerprint density at radius 1 is 0.310 bits per heavy atom. The van der Waals surface area contributed by atoms with Crippen molar-refractivity contribution >= 4 is 65.2 Å². The van der Waals surface area contributed by atoms with E-state index in [0.717, 1.165) is 0 Å². The maximum atomic E-state index is 2.49. The average molecular weight is 537 g/mol. The number of aryl methyl sites for hydroxylation is 2. The lowest BCUT2D eigenvalue weighted by atomic mass is 9.97. The van der Waals surface area contributed by atoms with Gasteiger partial charge in [0, 0.05) is 43.1 Å². The molecule has 2 aromatic heterocycles. The number of aromatic nitrogens is 2. The third-order valence-corrected chi connectivity index (χ3v) is 8.98. The van der Waals surface area contributed by atoms with Crippen molar-refractivity contribution in [1.82, 2.24) is 9.13 Å². The standard InChI is InChI=1S/C40H28N2/c1-25-19-21-37-33(23-25)27-11-7-9-17-35(27)41(37)39-29-13-3-5-15-31(29)40(32-16-6-4-14-30(32)39)42-36-18-10-8-12-28(36)34-24-26(2)20-22-38(34)42/h3-24H,1-2H3. The Hall–Kier alpha value is -5.34. The molecule has 0 N–H and O–H groups in total. The van der Waals surface area contributed by atoms with Gasteiger partial charge in [0.1, 0.15) is 0 Å². The number of hydrogen-bond donors (Lipinski definition) is 0. The van der Waals surface area contributed by atoms with Crippen molar-refractivity contribution in [2.75, 3.05) is 0 Å². The summed E-state index contributed by atoms with van der Waals surface area (Å²) >= 11 is 0. The summed E-state index contributed by atoms with van der Waals surface area (Å²) in [6.07, 6.45) is 0. The van der Waals surface area contributed by atoms with Gasteiger partial charge in [-0.1, -0.05) is 108 Å². The van der Waals surface area contributed by atoms with Gasteiger partial charge in [-0.3, -0.25) is 0 Å². The van der Waals surface area contributed by atoms with Crippen LogP contribution in [0.5, 0.6) is 0 Å². The number of para-hydroxylation sites is 2. The van der Waals surface area contributed by atoms with Gasteiger partial charge >= 0.3 is 0 Å². The van der Waals surface area contributed by atoms with Crippen molar-refractivity contribution in [3.8, 4) is 11.4 Å². The van der Waals surface area contributed by atoms with Crippen molar-refractivity contribution < 1.29 is 0 Å². The monoisotopic (exact) mass is 536 g/mol. The third-order valence-electron chi connectivity index (χ3n) is 8.98. The Morgan fingerprint density at radius 3 is 1.00 bits per heavy atom. The van der Waals surface area contributed by atoms with Gasteiger partial charge in [0.15, 0.2) is 0 Å². The molecule has 42 heavy (non-hydrogen) atoms. The molecule has 0 aliphatic heterocycles. The highest BCUT2D eigenvalue weighted by atomic mass is 15.0. The van der Waals surface area contributed by atoms with Gasteiger partial charge in [-0.05, 0) is 50.2 Å². The summed E-state index contributed by atoms with van der Waals surface area (Å²) in [7, 11) is 0. The second-order valence-corrected chi connectivity index (χ2v) is 11.5. The lowest BCUT2D eigenvalue weighted by molar-refractivity contribution is 1.19. The van der Waals surface area contributed by atoms with E-state index >= 15 is 0 Å². The first kappa shape index (κ1) is 23.4. The minimum Gasteiger partial charge on any atom is -0.308 e. The highest BCUT2D eigenvalue weighted by Gasteiger charge is 2.22. The van der Waals surface area contributed by atoms with Crippen molar-refractivity contribution in [3.63, 3.8) is 0 Å².